The highest BCUT2D eigenvalue weighted by atomic mass is 32.2. The second-order valence-corrected chi connectivity index (χ2v) is 5.82. The molecule has 1 rings (SSSR count). The van der Waals surface area contributed by atoms with Crippen molar-refractivity contribution in [1.29, 1.82) is 0 Å². The van der Waals surface area contributed by atoms with Crippen LogP contribution in [0.1, 0.15) is 44.7 Å². The number of nitrogens with zero attached hydrogens (tertiary/aromatic N) is 2. The molecule has 7 heteroatoms. The van der Waals surface area contributed by atoms with Crippen LogP contribution in [0.2, 0.25) is 0 Å². The van der Waals surface area contributed by atoms with Gasteiger partial charge in [0.2, 0.25) is 5.91 Å². The molecule has 0 radical (unpaired) electrons. The Morgan fingerprint density at radius 3 is 2.70 bits per heavy atom. The van der Waals surface area contributed by atoms with Gasteiger partial charge < -0.3 is 15.4 Å². The highest BCUT2D eigenvalue weighted by molar-refractivity contribution is 7.99. The minimum absolute atomic E-state index is 0.00413. The van der Waals surface area contributed by atoms with Crippen LogP contribution in [0.15, 0.2) is 11.4 Å². The predicted molar refractivity (Wildman–Crippen MR) is 77.7 cm³/mol. The van der Waals surface area contributed by atoms with Gasteiger partial charge in [-0.3, -0.25) is 9.59 Å². The van der Waals surface area contributed by atoms with E-state index in [1.807, 2.05) is 4.57 Å². The Labute approximate surface area is 122 Å². The van der Waals surface area contributed by atoms with E-state index in [1.165, 1.54) is 11.8 Å². The van der Waals surface area contributed by atoms with Crippen molar-refractivity contribution in [2.24, 2.45) is 5.73 Å². The summed E-state index contributed by atoms with van der Waals surface area (Å²) in [4.78, 5) is 25.7. The third kappa shape index (κ3) is 5.24. The number of amides is 1. The number of rotatable bonds is 9. The smallest absolute Gasteiger partial charge is 0.313 e. The zero-order valence-electron chi connectivity index (χ0n) is 11.8. The second-order valence-electron chi connectivity index (χ2n) is 4.88. The molecule has 0 spiro atoms. The van der Waals surface area contributed by atoms with Crippen LogP contribution in [0.25, 0.3) is 0 Å². The molecular formula is C13H21N3O3S. The molecule has 0 aliphatic carbocycles. The van der Waals surface area contributed by atoms with Crippen molar-refractivity contribution >= 4 is 23.6 Å². The summed E-state index contributed by atoms with van der Waals surface area (Å²) in [6, 6.07) is 0. The number of unbranched alkanes of at least 4 members (excludes halogenated alkanes) is 1. The van der Waals surface area contributed by atoms with E-state index >= 15 is 0 Å². The van der Waals surface area contributed by atoms with Crippen molar-refractivity contribution in [2.75, 3.05) is 5.75 Å². The first-order chi connectivity index (χ1) is 9.41. The zero-order chi connectivity index (χ0) is 15.1. The number of primary amides is 1. The summed E-state index contributed by atoms with van der Waals surface area (Å²) in [6.45, 7) is 4.87. The lowest BCUT2D eigenvalue weighted by molar-refractivity contribution is -0.133. The lowest BCUT2D eigenvalue weighted by Gasteiger charge is -2.13. The third-order valence-electron chi connectivity index (χ3n) is 2.82. The number of imidazole rings is 1. The highest BCUT2D eigenvalue weighted by Gasteiger charge is 2.14. The third-order valence-corrected chi connectivity index (χ3v) is 3.80. The molecule has 0 saturated carbocycles. The van der Waals surface area contributed by atoms with Gasteiger partial charge in [-0.15, -0.1) is 0 Å². The molecule has 0 aromatic carbocycles. The molecule has 112 valence electrons. The molecule has 0 saturated heterocycles. The summed E-state index contributed by atoms with van der Waals surface area (Å²) in [5.74, 6) is -0.835. The Morgan fingerprint density at radius 1 is 1.45 bits per heavy atom. The van der Waals surface area contributed by atoms with E-state index in [2.05, 4.69) is 18.8 Å². The van der Waals surface area contributed by atoms with Gasteiger partial charge in [0.15, 0.2) is 5.16 Å². The van der Waals surface area contributed by atoms with Crippen LogP contribution < -0.4 is 5.73 Å². The molecule has 0 bridgehead atoms. The Morgan fingerprint density at radius 2 is 2.15 bits per heavy atom. The lowest BCUT2D eigenvalue weighted by Crippen LogP contribution is -2.11. The highest BCUT2D eigenvalue weighted by Crippen LogP contribution is 2.24. The van der Waals surface area contributed by atoms with Gasteiger partial charge in [-0.2, -0.15) is 0 Å². The maximum absolute atomic E-state index is 10.7. The van der Waals surface area contributed by atoms with Crippen molar-refractivity contribution in [3.8, 4) is 0 Å². The van der Waals surface area contributed by atoms with Crippen molar-refractivity contribution in [2.45, 2.75) is 50.7 Å². The molecule has 1 aromatic rings. The van der Waals surface area contributed by atoms with Gasteiger partial charge in [-0.1, -0.05) is 25.6 Å². The molecule has 1 amide bonds. The van der Waals surface area contributed by atoms with Crippen LogP contribution in [-0.2, 0) is 16.1 Å². The summed E-state index contributed by atoms with van der Waals surface area (Å²) in [7, 11) is 0. The van der Waals surface area contributed by atoms with Gasteiger partial charge in [0.05, 0.1) is 5.75 Å². The summed E-state index contributed by atoms with van der Waals surface area (Å²) < 4.78 is 2.04. The monoisotopic (exact) mass is 299 g/mol. The molecule has 0 aliphatic heterocycles. The minimum atomic E-state index is -0.857. The second kappa shape index (κ2) is 7.94. The molecule has 1 aromatic heterocycles. The number of hydrogen-bond donors (Lipinski definition) is 2. The Bertz CT molecular complexity index is 471. The molecule has 20 heavy (non-hydrogen) atoms. The van der Waals surface area contributed by atoms with Crippen LogP contribution in [0.3, 0.4) is 0 Å². The van der Waals surface area contributed by atoms with Gasteiger partial charge in [0.25, 0.3) is 0 Å². The van der Waals surface area contributed by atoms with Crippen molar-refractivity contribution in [3.05, 3.63) is 11.9 Å². The molecule has 0 fully saturated rings. The Balaban J connectivity index is 2.70. The van der Waals surface area contributed by atoms with Crippen LogP contribution in [-0.4, -0.2) is 32.3 Å². The van der Waals surface area contributed by atoms with E-state index in [1.54, 1.807) is 6.20 Å². The van der Waals surface area contributed by atoms with Gasteiger partial charge in [0, 0.05) is 24.9 Å². The van der Waals surface area contributed by atoms with E-state index in [-0.39, 0.29) is 11.7 Å². The summed E-state index contributed by atoms with van der Waals surface area (Å²) >= 11 is 1.22. The summed E-state index contributed by atoms with van der Waals surface area (Å²) in [6.07, 6.45) is 3.72. The van der Waals surface area contributed by atoms with Gasteiger partial charge in [0.1, 0.15) is 0 Å². The number of aliphatic carboxylic acids is 1. The van der Waals surface area contributed by atoms with Crippen molar-refractivity contribution in [3.63, 3.8) is 0 Å². The maximum atomic E-state index is 10.7. The summed E-state index contributed by atoms with van der Waals surface area (Å²) in [5.41, 5.74) is 6.19. The molecule has 3 N–H and O–H groups in total. The van der Waals surface area contributed by atoms with Crippen molar-refractivity contribution in [1.82, 2.24) is 9.55 Å². The van der Waals surface area contributed by atoms with Crippen LogP contribution in [0.4, 0.5) is 0 Å². The van der Waals surface area contributed by atoms with Gasteiger partial charge in [-0.25, -0.2) is 4.98 Å². The SMILES string of the molecule is CC(C)c1cnc(SCC(=O)O)n1CCCCC(N)=O. The summed E-state index contributed by atoms with van der Waals surface area (Å²) in [5, 5.41) is 9.47. The maximum Gasteiger partial charge on any atom is 0.313 e. The zero-order valence-corrected chi connectivity index (χ0v) is 12.7. The van der Waals surface area contributed by atoms with E-state index in [4.69, 9.17) is 10.8 Å². The first kappa shape index (κ1) is 16.6. The average molecular weight is 299 g/mol. The van der Waals surface area contributed by atoms with Crippen LogP contribution >= 0.6 is 11.8 Å². The molecule has 0 atom stereocenters. The fourth-order valence-corrected chi connectivity index (χ4v) is 2.60. The Kier molecular flexibility index (Phi) is 6.57. The van der Waals surface area contributed by atoms with Gasteiger partial charge in [-0.05, 0) is 18.8 Å². The quantitative estimate of drug-likeness (QED) is 0.535. The first-order valence-electron chi connectivity index (χ1n) is 6.60. The Hall–Kier alpha value is -1.50. The molecule has 1 heterocycles. The number of aromatic nitrogens is 2. The fourth-order valence-electron chi connectivity index (χ4n) is 1.87. The average Bonchev–Trinajstić information content (AvgIpc) is 2.75. The van der Waals surface area contributed by atoms with E-state index in [0.29, 0.717) is 12.3 Å². The fraction of sp³-hybridized carbons (Fsp3) is 0.615. The molecule has 0 unspecified atom stereocenters. The van der Waals surface area contributed by atoms with Crippen LogP contribution in [0, 0.1) is 0 Å². The lowest BCUT2D eigenvalue weighted by atomic mass is 10.1. The van der Waals surface area contributed by atoms with E-state index in [9.17, 15) is 9.59 Å². The largest absolute Gasteiger partial charge is 0.481 e. The molecule has 0 aliphatic rings. The number of nitrogens with two attached hydrogens (primary N) is 1. The van der Waals surface area contributed by atoms with Gasteiger partial charge >= 0.3 is 5.97 Å². The van der Waals surface area contributed by atoms with E-state index < -0.39 is 5.97 Å². The van der Waals surface area contributed by atoms with Crippen LogP contribution in [0.5, 0.6) is 0 Å². The number of hydrogen-bond acceptors (Lipinski definition) is 4. The first-order valence-corrected chi connectivity index (χ1v) is 7.58. The van der Waals surface area contributed by atoms with E-state index in [0.717, 1.165) is 30.2 Å². The normalized spacial score (nSPS) is 10.9. The number of thioether (sulfide) groups is 1. The number of carbonyl (C=O) groups excluding carboxylic acids is 1. The topological polar surface area (TPSA) is 98.2 Å². The predicted octanol–water partition coefficient (Wildman–Crippen LogP) is 1.84. The van der Waals surface area contributed by atoms with Crippen molar-refractivity contribution < 1.29 is 14.7 Å². The number of carboxylic acids is 1. The number of carbonyl (C=O) groups is 2. The standard InChI is InChI=1S/C13H21N3O3S/c1-9(2)10-7-15-13(20-8-12(18)19)16(10)6-4-3-5-11(14)17/h7,9H,3-6,8H2,1-2H3,(H2,14,17)(H,18,19). The minimum Gasteiger partial charge on any atom is -0.481 e. The number of carboxylic acid groups (broad SMARTS) is 1. The molecular weight excluding hydrogens is 278 g/mol. The molecule has 6 nitrogen and oxygen atoms in total.